The highest BCUT2D eigenvalue weighted by atomic mass is 32.1. The van der Waals surface area contributed by atoms with Gasteiger partial charge >= 0.3 is 0 Å². The lowest BCUT2D eigenvalue weighted by molar-refractivity contribution is 0.434. The molecule has 1 saturated carbocycles. The zero-order chi connectivity index (χ0) is 10.1. The maximum Gasteiger partial charge on any atom is 0.110 e. The smallest absolute Gasteiger partial charge is 0.110 e. The average molecular weight is 210 g/mol. The van der Waals surface area contributed by atoms with Crippen LogP contribution in [0.1, 0.15) is 43.4 Å². The molecule has 0 saturated heterocycles. The van der Waals surface area contributed by atoms with Crippen LogP contribution in [0.2, 0.25) is 0 Å². The Morgan fingerprint density at radius 2 is 2.21 bits per heavy atom. The first-order chi connectivity index (χ1) is 6.66. The third-order valence-electron chi connectivity index (χ3n) is 2.51. The van der Waals surface area contributed by atoms with Gasteiger partial charge in [-0.1, -0.05) is 13.8 Å². The van der Waals surface area contributed by atoms with Crippen molar-refractivity contribution >= 4 is 11.3 Å². The van der Waals surface area contributed by atoms with E-state index < -0.39 is 0 Å². The van der Waals surface area contributed by atoms with Crippen molar-refractivity contribution < 1.29 is 0 Å². The minimum absolute atomic E-state index is 0.508. The molecule has 2 nitrogen and oxygen atoms in total. The summed E-state index contributed by atoms with van der Waals surface area (Å²) >= 11 is 1.79. The molecular formula is C11H18N2S. The molecule has 1 N–H and O–H groups in total. The number of rotatable bonds is 4. The van der Waals surface area contributed by atoms with Crippen molar-refractivity contribution in [1.82, 2.24) is 10.3 Å². The molecular weight excluding hydrogens is 192 g/mol. The van der Waals surface area contributed by atoms with Crippen molar-refractivity contribution in [3.63, 3.8) is 0 Å². The zero-order valence-corrected chi connectivity index (χ0v) is 9.90. The third kappa shape index (κ3) is 2.34. The highest BCUT2D eigenvalue weighted by molar-refractivity contribution is 7.09. The quantitative estimate of drug-likeness (QED) is 0.826. The van der Waals surface area contributed by atoms with Crippen LogP contribution in [0.15, 0.2) is 5.38 Å². The van der Waals surface area contributed by atoms with E-state index in [1.807, 2.05) is 0 Å². The van der Waals surface area contributed by atoms with Gasteiger partial charge in [0.2, 0.25) is 0 Å². The fraction of sp³-hybridized carbons (Fsp3) is 0.727. The van der Waals surface area contributed by atoms with Crippen LogP contribution in [0.4, 0.5) is 0 Å². The summed E-state index contributed by atoms with van der Waals surface area (Å²) in [5.74, 6) is 0.836. The maximum atomic E-state index is 4.58. The number of hydrogen-bond donors (Lipinski definition) is 1. The van der Waals surface area contributed by atoms with Crippen LogP contribution >= 0.6 is 11.3 Å². The lowest BCUT2D eigenvalue weighted by Crippen LogP contribution is -2.29. The molecule has 0 bridgehead atoms. The minimum Gasteiger partial charge on any atom is -0.305 e. The normalized spacial score (nSPS) is 18.9. The molecule has 3 heteroatoms. The largest absolute Gasteiger partial charge is 0.305 e. The number of nitrogens with one attached hydrogen (secondary N) is 1. The van der Waals surface area contributed by atoms with Gasteiger partial charge in [0.15, 0.2) is 0 Å². The highest BCUT2D eigenvalue weighted by Gasteiger charge is 2.34. The molecule has 0 amide bonds. The molecule has 14 heavy (non-hydrogen) atoms. The summed E-state index contributed by atoms with van der Waals surface area (Å²) in [5, 5.41) is 7.04. The van der Waals surface area contributed by atoms with E-state index >= 15 is 0 Å². The Balaban J connectivity index is 2.09. The summed E-state index contributed by atoms with van der Waals surface area (Å²) in [7, 11) is 0. The summed E-state index contributed by atoms with van der Waals surface area (Å²) < 4.78 is 0. The van der Waals surface area contributed by atoms with Crippen molar-refractivity contribution in [1.29, 1.82) is 0 Å². The average Bonchev–Trinajstić information content (AvgIpc) is 2.85. The monoisotopic (exact) mass is 210 g/mol. The molecule has 1 atom stereocenters. The Labute approximate surface area is 89.8 Å². The van der Waals surface area contributed by atoms with Gasteiger partial charge in [-0.05, 0) is 25.7 Å². The second-order valence-corrected chi connectivity index (χ2v) is 5.35. The van der Waals surface area contributed by atoms with E-state index in [2.05, 4.69) is 36.5 Å². The molecule has 0 spiro atoms. The minimum atomic E-state index is 0.508. The lowest BCUT2D eigenvalue weighted by Gasteiger charge is -2.18. The number of aryl methyl sites for hydroxylation is 1. The van der Waals surface area contributed by atoms with Crippen molar-refractivity contribution in [2.24, 2.45) is 5.92 Å². The van der Waals surface area contributed by atoms with Gasteiger partial charge in [-0.3, -0.25) is 0 Å². The van der Waals surface area contributed by atoms with E-state index in [1.165, 1.54) is 17.8 Å². The second-order valence-electron chi connectivity index (χ2n) is 4.46. The van der Waals surface area contributed by atoms with Crippen LogP contribution in [-0.4, -0.2) is 11.0 Å². The van der Waals surface area contributed by atoms with Crippen LogP contribution in [0, 0.1) is 12.8 Å². The Morgan fingerprint density at radius 1 is 1.50 bits per heavy atom. The molecule has 1 heterocycles. The SMILES string of the molecule is Cc1csc(C(NC(C)C)C2CC2)n1. The van der Waals surface area contributed by atoms with Crippen LogP contribution in [0.5, 0.6) is 0 Å². The van der Waals surface area contributed by atoms with Gasteiger partial charge < -0.3 is 5.32 Å². The van der Waals surface area contributed by atoms with Gasteiger partial charge in [0.05, 0.1) is 6.04 Å². The fourth-order valence-electron chi connectivity index (χ4n) is 1.71. The van der Waals surface area contributed by atoms with Crippen LogP contribution in [-0.2, 0) is 0 Å². The summed E-state index contributed by atoms with van der Waals surface area (Å²) in [4.78, 5) is 4.58. The third-order valence-corrected chi connectivity index (χ3v) is 3.55. The summed E-state index contributed by atoms with van der Waals surface area (Å²) in [5.41, 5.74) is 1.15. The van der Waals surface area contributed by atoms with Crippen molar-refractivity contribution in [3.8, 4) is 0 Å². The molecule has 0 aromatic carbocycles. The number of nitrogens with zero attached hydrogens (tertiary/aromatic N) is 1. The topological polar surface area (TPSA) is 24.9 Å². The molecule has 1 aliphatic carbocycles. The van der Waals surface area contributed by atoms with E-state index in [-0.39, 0.29) is 0 Å². The van der Waals surface area contributed by atoms with Crippen molar-refractivity contribution in [2.75, 3.05) is 0 Å². The zero-order valence-electron chi connectivity index (χ0n) is 9.08. The highest BCUT2D eigenvalue weighted by Crippen LogP contribution is 2.41. The Bertz CT molecular complexity index is 302. The summed E-state index contributed by atoms with van der Waals surface area (Å²) in [6.07, 6.45) is 2.73. The first kappa shape index (κ1) is 10.1. The van der Waals surface area contributed by atoms with E-state index in [1.54, 1.807) is 11.3 Å². The fourth-order valence-corrected chi connectivity index (χ4v) is 2.66. The van der Waals surface area contributed by atoms with Gasteiger partial charge in [-0.25, -0.2) is 4.98 Å². The first-order valence-corrected chi connectivity index (χ1v) is 6.23. The second kappa shape index (κ2) is 3.99. The van der Waals surface area contributed by atoms with E-state index in [4.69, 9.17) is 0 Å². The van der Waals surface area contributed by atoms with Gasteiger partial charge in [0.1, 0.15) is 5.01 Å². The van der Waals surface area contributed by atoms with Crippen molar-refractivity contribution in [2.45, 2.75) is 45.7 Å². The van der Waals surface area contributed by atoms with E-state index in [9.17, 15) is 0 Å². The maximum absolute atomic E-state index is 4.58. The van der Waals surface area contributed by atoms with Gasteiger partial charge in [0.25, 0.3) is 0 Å². The van der Waals surface area contributed by atoms with Gasteiger partial charge in [-0.15, -0.1) is 11.3 Å². The number of thiazole rings is 1. The van der Waals surface area contributed by atoms with Crippen LogP contribution in [0.3, 0.4) is 0 Å². The first-order valence-electron chi connectivity index (χ1n) is 5.35. The molecule has 1 aliphatic rings. The molecule has 0 radical (unpaired) electrons. The predicted molar refractivity (Wildman–Crippen MR) is 60.6 cm³/mol. The van der Waals surface area contributed by atoms with Crippen LogP contribution < -0.4 is 5.32 Å². The standard InChI is InChI=1S/C11H18N2S/c1-7(2)12-10(9-4-5-9)11-13-8(3)6-14-11/h6-7,9-10,12H,4-5H2,1-3H3. The molecule has 2 rings (SSSR count). The molecule has 1 aromatic heterocycles. The van der Waals surface area contributed by atoms with Gasteiger partial charge in [0, 0.05) is 17.1 Å². The Hall–Kier alpha value is -0.410. The van der Waals surface area contributed by atoms with Crippen LogP contribution in [0.25, 0.3) is 0 Å². The Morgan fingerprint density at radius 3 is 2.64 bits per heavy atom. The van der Waals surface area contributed by atoms with Gasteiger partial charge in [-0.2, -0.15) is 0 Å². The Kier molecular flexibility index (Phi) is 2.88. The lowest BCUT2D eigenvalue weighted by atomic mass is 10.2. The molecule has 1 unspecified atom stereocenters. The van der Waals surface area contributed by atoms with E-state index in [0.29, 0.717) is 12.1 Å². The van der Waals surface area contributed by atoms with Crippen molar-refractivity contribution in [3.05, 3.63) is 16.1 Å². The summed E-state index contributed by atoms with van der Waals surface area (Å²) in [6.45, 7) is 6.48. The molecule has 0 aliphatic heterocycles. The van der Waals surface area contributed by atoms with E-state index in [0.717, 1.165) is 11.6 Å². The molecule has 1 aromatic rings. The number of hydrogen-bond acceptors (Lipinski definition) is 3. The summed E-state index contributed by atoms with van der Waals surface area (Å²) in [6, 6.07) is 1.05. The molecule has 78 valence electrons. The molecule has 1 fully saturated rings. The number of aromatic nitrogens is 1. The predicted octanol–water partition coefficient (Wildman–Crippen LogP) is 2.90.